The van der Waals surface area contributed by atoms with Crippen LogP contribution in [-0.2, 0) is 9.53 Å². The molecule has 146 valence electrons. The third kappa shape index (κ3) is 3.66. The first kappa shape index (κ1) is 19.7. The van der Waals surface area contributed by atoms with E-state index < -0.39 is 12.0 Å². The number of anilines is 1. The Bertz CT molecular complexity index is 927. The molecule has 0 radical (unpaired) electrons. The minimum atomic E-state index is -0.527. The molecule has 0 aromatic heterocycles. The van der Waals surface area contributed by atoms with Gasteiger partial charge in [-0.2, -0.15) is 0 Å². The molecule has 0 aliphatic carbocycles. The zero-order valence-corrected chi connectivity index (χ0v) is 16.7. The summed E-state index contributed by atoms with van der Waals surface area (Å²) in [7, 11) is 1.47. The summed E-state index contributed by atoms with van der Waals surface area (Å²) in [6.45, 7) is 3.87. The summed E-state index contributed by atoms with van der Waals surface area (Å²) < 4.78 is 10.5. The van der Waals surface area contributed by atoms with E-state index in [0.29, 0.717) is 22.1 Å². The minimum absolute atomic E-state index is 0.0222. The van der Waals surface area contributed by atoms with Crippen molar-refractivity contribution in [3.63, 3.8) is 0 Å². The Morgan fingerprint density at radius 3 is 2.61 bits per heavy atom. The number of phenols is 1. The van der Waals surface area contributed by atoms with Gasteiger partial charge in [-0.05, 0) is 55.9 Å². The fourth-order valence-corrected chi connectivity index (χ4v) is 3.59. The normalized spacial score (nSPS) is 16.6. The number of para-hydroxylation sites is 1. The lowest BCUT2D eigenvalue weighted by atomic mass is 9.94. The maximum absolute atomic E-state index is 12.8. The molecule has 1 atom stereocenters. The molecular formula is C21H22N2O4S. The van der Waals surface area contributed by atoms with Crippen LogP contribution in [0.3, 0.4) is 0 Å². The maximum Gasteiger partial charge on any atom is 0.338 e. The van der Waals surface area contributed by atoms with Gasteiger partial charge >= 0.3 is 5.97 Å². The zero-order chi connectivity index (χ0) is 20.3. The van der Waals surface area contributed by atoms with Crippen molar-refractivity contribution in [2.45, 2.75) is 19.9 Å². The van der Waals surface area contributed by atoms with Gasteiger partial charge in [0.05, 0.1) is 25.3 Å². The fraction of sp³-hybridized carbons (Fsp3) is 0.238. The lowest BCUT2D eigenvalue weighted by Crippen LogP contribution is -2.48. The highest BCUT2D eigenvalue weighted by Gasteiger charge is 2.35. The molecule has 1 aliphatic heterocycles. The number of methoxy groups -OCH3 is 1. The van der Waals surface area contributed by atoms with Gasteiger partial charge in [0.2, 0.25) is 0 Å². The van der Waals surface area contributed by atoms with Gasteiger partial charge in [-0.3, -0.25) is 4.90 Å². The van der Waals surface area contributed by atoms with Gasteiger partial charge in [0, 0.05) is 11.4 Å². The first-order chi connectivity index (χ1) is 13.5. The van der Waals surface area contributed by atoms with E-state index in [9.17, 15) is 9.90 Å². The summed E-state index contributed by atoms with van der Waals surface area (Å²) in [5, 5.41) is 13.6. The van der Waals surface area contributed by atoms with Crippen LogP contribution >= 0.6 is 12.2 Å². The number of allylic oxidation sites excluding steroid dienone is 1. The first-order valence-electron chi connectivity index (χ1n) is 8.88. The highest BCUT2D eigenvalue weighted by atomic mass is 32.1. The van der Waals surface area contributed by atoms with Crippen LogP contribution in [0, 0.1) is 0 Å². The molecule has 0 amide bonds. The number of nitrogens with one attached hydrogen (secondary N) is 1. The minimum Gasteiger partial charge on any atom is -0.504 e. The second-order valence-electron chi connectivity index (χ2n) is 6.20. The van der Waals surface area contributed by atoms with Crippen molar-refractivity contribution in [1.82, 2.24) is 5.32 Å². The van der Waals surface area contributed by atoms with Crippen LogP contribution in [0.15, 0.2) is 59.8 Å². The number of nitrogens with zero attached hydrogens (tertiary/aromatic N) is 1. The quantitative estimate of drug-likeness (QED) is 0.588. The average molecular weight is 398 g/mol. The largest absolute Gasteiger partial charge is 0.504 e. The Balaban J connectivity index is 2.14. The average Bonchev–Trinajstić information content (AvgIpc) is 2.69. The Morgan fingerprint density at radius 1 is 1.25 bits per heavy atom. The summed E-state index contributed by atoms with van der Waals surface area (Å²) in [5.41, 5.74) is 2.71. The van der Waals surface area contributed by atoms with Crippen LogP contribution in [0.4, 0.5) is 5.69 Å². The molecule has 28 heavy (non-hydrogen) atoms. The van der Waals surface area contributed by atoms with E-state index in [1.54, 1.807) is 19.1 Å². The fourth-order valence-electron chi connectivity index (χ4n) is 3.23. The lowest BCUT2D eigenvalue weighted by Gasteiger charge is -2.37. The molecule has 0 spiro atoms. The number of ether oxygens (including phenoxy) is 2. The molecular weight excluding hydrogens is 376 g/mol. The van der Waals surface area contributed by atoms with Gasteiger partial charge in [0.15, 0.2) is 16.6 Å². The van der Waals surface area contributed by atoms with E-state index in [1.807, 2.05) is 42.2 Å². The van der Waals surface area contributed by atoms with Gasteiger partial charge in [-0.25, -0.2) is 4.79 Å². The molecule has 1 heterocycles. The number of carbonyl (C=O) groups is 1. The third-order valence-corrected chi connectivity index (χ3v) is 4.83. The van der Waals surface area contributed by atoms with E-state index >= 15 is 0 Å². The molecule has 2 aromatic rings. The molecule has 0 saturated heterocycles. The number of aromatic hydroxyl groups is 1. The highest BCUT2D eigenvalue weighted by Crippen LogP contribution is 2.37. The van der Waals surface area contributed by atoms with Crippen LogP contribution in [0.25, 0.3) is 0 Å². The standard InChI is InChI=1S/C21H22N2O4S/c1-4-27-20(25)18-13(2)23(15-8-6-5-7-9-15)21(28)22-19(18)14-10-11-16(24)17(12-14)26-3/h5-12,19,24H,4H2,1-3H3,(H,22,28)/t19-/m1/s1. The topological polar surface area (TPSA) is 71.0 Å². The van der Waals surface area contributed by atoms with E-state index in [-0.39, 0.29) is 12.4 Å². The number of hydrogen-bond acceptors (Lipinski definition) is 5. The first-order valence-corrected chi connectivity index (χ1v) is 9.29. The summed E-state index contributed by atoms with van der Waals surface area (Å²) in [5.74, 6) is -0.0847. The predicted octanol–water partition coefficient (Wildman–Crippen LogP) is 3.67. The van der Waals surface area contributed by atoms with Crippen molar-refractivity contribution in [3.8, 4) is 11.5 Å². The number of rotatable bonds is 5. The molecule has 1 aliphatic rings. The van der Waals surface area contributed by atoms with E-state index in [4.69, 9.17) is 21.7 Å². The molecule has 3 rings (SSSR count). The van der Waals surface area contributed by atoms with Gasteiger partial charge in [0.25, 0.3) is 0 Å². The van der Waals surface area contributed by atoms with Gasteiger partial charge in [-0.15, -0.1) is 0 Å². The molecule has 0 saturated carbocycles. The third-order valence-electron chi connectivity index (χ3n) is 4.53. The van der Waals surface area contributed by atoms with E-state index in [1.165, 1.54) is 13.2 Å². The van der Waals surface area contributed by atoms with Crippen molar-refractivity contribution in [2.75, 3.05) is 18.6 Å². The number of carbonyl (C=O) groups excluding carboxylic acids is 1. The van der Waals surface area contributed by atoms with Crippen molar-refractivity contribution in [2.24, 2.45) is 0 Å². The molecule has 0 bridgehead atoms. The molecule has 2 N–H and O–H groups in total. The van der Waals surface area contributed by atoms with Crippen molar-refractivity contribution in [1.29, 1.82) is 0 Å². The maximum atomic E-state index is 12.8. The number of phenolic OH excluding ortho intramolecular Hbond substituents is 1. The molecule has 0 unspecified atom stereocenters. The lowest BCUT2D eigenvalue weighted by molar-refractivity contribution is -0.139. The van der Waals surface area contributed by atoms with Crippen molar-refractivity contribution < 1.29 is 19.4 Å². The summed E-state index contributed by atoms with van der Waals surface area (Å²) in [4.78, 5) is 14.6. The Morgan fingerprint density at radius 2 is 1.96 bits per heavy atom. The Kier molecular flexibility index (Phi) is 5.84. The second kappa shape index (κ2) is 8.31. The highest BCUT2D eigenvalue weighted by molar-refractivity contribution is 7.80. The molecule has 6 nitrogen and oxygen atoms in total. The van der Waals surface area contributed by atoms with Crippen molar-refractivity contribution in [3.05, 3.63) is 65.4 Å². The Hall–Kier alpha value is -3.06. The smallest absolute Gasteiger partial charge is 0.338 e. The number of thiocarbonyl (C=S) groups is 1. The van der Waals surface area contributed by atoms with Gasteiger partial charge in [-0.1, -0.05) is 24.3 Å². The molecule has 0 fully saturated rings. The van der Waals surface area contributed by atoms with Crippen LogP contribution < -0.4 is 15.0 Å². The van der Waals surface area contributed by atoms with Crippen LogP contribution in [-0.4, -0.2) is 29.9 Å². The van der Waals surface area contributed by atoms with Crippen LogP contribution in [0.1, 0.15) is 25.5 Å². The van der Waals surface area contributed by atoms with E-state index in [0.717, 1.165) is 11.3 Å². The second-order valence-corrected chi connectivity index (χ2v) is 6.59. The predicted molar refractivity (Wildman–Crippen MR) is 111 cm³/mol. The summed E-state index contributed by atoms with van der Waals surface area (Å²) in [6, 6.07) is 14.0. The number of benzene rings is 2. The van der Waals surface area contributed by atoms with Gasteiger partial charge in [0.1, 0.15) is 0 Å². The zero-order valence-electron chi connectivity index (χ0n) is 15.9. The summed E-state index contributed by atoms with van der Waals surface area (Å²) in [6.07, 6.45) is 0. The SMILES string of the molecule is CCOC(=O)C1=C(C)N(c2ccccc2)C(=S)N[C@@H]1c1ccc(O)c(OC)c1. The summed E-state index contributed by atoms with van der Waals surface area (Å²) >= 11 is 5.60. The van der Waals surface area contributed by atoms with Crippen molar-refractivity contribution >= 4 is 29.0 Å². The number of hydrogen-bond donors (Lipinski definition) is 2. The van der Waals surface area contributed by atoms with Crippen LogP contribution in [0.2, 0.25) is 0 Å². The molecule has 2 aromatic carbocycles. The van der Waals surface area contributed by atoms with E-state index in [2.05, 4.69) is 5.32 Å². The Labute approximate surface area is 169 Å². The monoisotopic (exact) mass is 398 g/mol. The number of esters is 1. The van der Waals surface area contributed by atoms with Crippen LogP contribution in [0.5, 0.6) is 11.5 Å². The molecule has 7 heteroatoms. The van der Waals surface area contributed by atoms with Gasteiger partial charge < -0.3 is 19.9 Å².